The monoisotopic (exact) mass is 382 g/mol. The number of benzene rings is 2. The summed E-state index contributed by atoms with van der Waals surface area (Å²) in [5.74, 6) is 1.31. The van der Waals surface area contributed by atoms with Crippen molar-refractivity contribution >= 4 is 23.2 Å². The molecule has 1 heterocycles. The Morgan fingerprint density at radius 2 is 2.00 bits per heavy atom. The third kappa shape index (κ3) is 5.03. The fourth-order valence-electron chi connectivity index (χ4n) is 3.03. The maximum Gasteiger partial charge on any atom is 0.265 e. The number of aryl methyl sites for hydroxylation is 1. The Labute approximate surface area is 165 Å². The molecular weight excluding hydrogens is 356 g/mol. The minimum Gasteiger partial charge on any atom is -0.494 e. The van der Waals surface area contributed by atoms with Crippen molar-refractivity contribution in [1.82, 2.24) is 0 Å². The van der Waals surface area contributed by atoms with E-state index in [0.717, 1.165) is 17.9 Å². The van der Waals surface area contributed by atoms with Gasteiger partial charge in [-0.2, -0.15) is 0 Å². The van der Waals surface area contributed by atoms with Gasteiger partial charge in [0.2, 0.25) is 5.91 Å². The molecule has 0 saturated heterocycles. The van der Waals surface area contributed by atoms with Gasteiger partial charge in [-0.25, -0.2) is 0 Å². The van der Waals surface area contributed by atoms with Crippen molar-refractivity contribution in [2.24, 2.45) is 0 Å². The summed E-state index contributed by atoms with van der Waals surface area (Å²) in [7, 11) is 0. The normalized spacial score (nSPS) is 12.9. The van der Waals surface area contributed by atoms with E-state index in [0.29, 0.717) is 37.4 Å². The van der Waals surface area contributed by atoms with Crippen molar-refractivity contribution in [2.75, 3.05) is 30.0 Å². The van der Waals surface area contributed by atoms with E-state index in [2.05, 4.69) is 5.32 Å². The summed E-state index contributed by atoms with van der Waals surface area (Å²) in [6.45, 7) is 5.22. The van der Waals surface area contributed by atoms with E-state index in [9.17, 15) is 9.59 Å². The van der Waals surface area contributed by atoms with Gasteiger partial charge in [-0.05, 0) is 44.0 Å². The molecule has 148 valence electrons. The number of fused-ring (bicyclic) bond motifs is 1. The van der Waals surface area contributed by atoms with Crippen LogP contribution in [0.2, 0.25) is 0 Å². The van der Waals surface area contributed by atoms with Crippen molar-refractivity contribution in [1.29, 1.82) is 0 Å². The number of anilines is 2. The maximum atomic E-state index is 12.2. The second-order valence-corrected chi connectivity index (χ2v) is 6.83. The van der Waals surface area contributed by atoms with Crippen LogP contribution >= 0.6 is 0 Å². The first-order valence-electron chi connectivity index (χ1n) is 9.63. The molecule has 0 spiro atoms. The van der Waals surface area contributed by atoms with E-state index in [1.54, 1.807) is 17.0 Å². The molecule has 3 rings (SSSR count). The smallest absolute Gasteiger partial charge is 0.265 e. The second-order valence-electron chi connectivity index (χ2n) is 6.83. The van der Waals surface area contributed by atoms with E-state index >= 15 is 0 Å². The fraction of sp³-hybridized carbons (Fsp3) is 0.364. The van der Waals surface area contributed by atoms with Crippen LogP contribution in [0.4, 0.5) is 11.4 Å². The number of nitrogens with one attached hydrogen (secondary N) is 1. The highest BCUT2D eigenvalue weighted by molar-refractivity contribution is 5.99. The van der Waals surface area contributed by atoms with Crippen molar-refractivity contribution in [3.05, 3.63) is 48.0 Å². The first-order chi connectivity index (χ1) is 13.6. The van der Waals surface area contributed by atoms with E-state index in [4.69, 9.17) is 9.47 Å². The van der Waals surface area contributed by atoms with Crippen LogP contribution in [0.5, 0.6) is 11.5 Å². The average molecular weight is 382 g/mol. The summed E-state index contributed by atoms with van der Waals surface area (Å²) in [4.78, 5) is 25.9. The molecule has 28 heavy (non-hydrogen) atoms. The van der Waals surface area contributed by atoms with Crippen LogP contribution in [-0.2, 0) is 9.59 Å². The molecule has 6 heteroatoms. The van der Waals surface area contributed by atoms with Gasteiger partial charge >= 0.3 is 0 Å². The number of hydrogen-bond acceptors (Lipinski definition) is 4. The van der Waals surface area contributed by atoms with Gasteiger partial charge in [-0.3, -0.25) is 9.59 Å². The predicted molar refractivity (Wildman–Crippen MR) is 109 cm³/mol. The molecule has 0 radical (unpaired) electrons. The van der Waals surface area contributed by atoms with Crippen LogP contribution in [0.3, 0.4) is 0 Å². The largest absolute Gasteiger partial charge is 0.494 e. The second kappa shape index (κ2) is 9.26. The van der Waals surface area contributed by atoms with Gasteiger partial charge in [0.1, 0.15) is 11.5 Å². The third-order valence-corrected chi connectivity index (χ3v) is 4.47. The lowest BCUT2D eigenvalue weighted by atomic mass is 10.2. The first-order valence-corrected chi connectivity index (χ1v) is 9.63. The van der Waals surface area contributed by atoms with Crippen LogP contribution in [0.25, 0.3) is 0 Å². The molecule has 2 aromatic carbocycles. The fourth-order valence-corrected chi connectivity index (χ4v) is 3.03. The summed E-state index contributed by atoms with van der Waals surface area (Å²) in [6, 6.07) is 13.2. The van der Waals surface area contributed by atoms with E-state index in [1.165, 1.54) is 5.56 Å². The van der Waals surface area contributed by atoms with E-state index < -0.39 is 0 Å². The molecule has 1 aliphatic heterocycles. The Morgan fingerprint density at radius 3 is 2.75 bits per heavy atom. The molecule has 2 amide bonds. The zero-order chi connectivity index (χ0) is 19.9. The molecule has 0 aromatic heterocycles. The van der Waals surface area contributed by atoms with Gasteiger partial charge in [0, 0.05) is 24.7 Å². The van der Waals surface area contributed by atoms with E-state index in [1.807, 2.05) is 44.2 Å². The van der Waals surface area contributed by atoms with Crippen molar-refractivity contribution in [2.45, 2.75) is 33.1 Å². The van der Waals surface area contributed by atoms with Crippen molar-refractivity contribution < 1.29 is 19.1 Å². The number of hydrogen-bond donors (Lipinski definition) is 1. The maximum absolute atomic E-state index is 12.2. The van der Waals surface area contributed by atoms with Crippen LogP contribution in [-0.4, -0.2) is 31.6 Å². The lowest BCUT2D eigenvalue weighted by Crippen LogP contribution is -2.39. The number of nitrogens with zero attached hydrogens (tertiary/aromatic N) is 1. The molecule has 0 bridgehead atoms. The minimum atomic E-state index is -0.0789. The highest BCUT2D eigenvalue weighted by Gasteiger charge is 2.25. The van der Waals surface area contributed by atoms with E-state index in [-0.39, 0.29) is 18.4 Å². The Hall–Kier alpha value is -3.02. The van der Waals surface area contributed by atoms with Crippen molar-refractivity contribution in [3.63, 3.8) is 0 Å². The zero-order valence-corrected chi connectivity index (χ0v) is 16.4. The van der Waals surface area contributed by atoms with Gasteiger partial charge < -0.3 is 19.7 Å². The predicted octanol–water partition coefficient (Wildman–Crippen LogP) is 3.93. The van der Waals surface area contributed by atoms with Gasteiger partial charge in [0.25, 0.3) is 5.91 Å². The molecule has 2 aromatic rings. The van der Waals surface area contributed by atoms with Gasteiger partial charge in [-0.15, -0.1) is 0 Å². The van der Waals surface area contributed by atoms with Crippen LogP contribution in [0.15, 0.2) is 42.5 Å². The lowest BCUT2D eigenvalue weighted by molar-refractivity contribution is -0.121. The number of ether oxygens (including phenoxy) is 2. The molecule has 0 saturated carbocycles. The Kier molecular flexibility index (Phi) is 6.53. The number of carbonyl (C=O) groups is 2. The molecule has 6 nitrogen and oxygen atoms in total. The van der Waals surface area contributed by atoms with Crippen molar-refractivity contribution in [3.8, 4) is 11.5 Å². The third-order valence-electron chi connectivity index (χ3n) is 4.47. The minimum absolute atomic E-state index is 0.0285. The number of amides is 2. The summed E-state index contributed by atoms with van der Waals surface area (Å²) in [5, 5.41) is 2.88. The lowest BCUT2D eigenvalue weighted by Gasteiger charge is -2.29. The van der Waals surface area contributed by atoms with Gasteiger partial charge in [0.15, 0.2) is 6.61 Å². The molecular formula is C22H26N2O4. The SMILES string of the molecule is CCCN1C(=O)COc2cc(NC(=O)CCCOc3ccc(C)cc3)ccc21. The van der Waals surface area contributed by atoms with Crippen LogP contribution < -0.4 is 19.7 Å². The van der Waals surface area contributed by atoms with Crippen LogP contribution in [0.1, 0.15) is 31.7 Å². The number of carbonyl (C=O) groups excluding carboxylic acids is 2. The standard InChI is InChI=1S/C22H26N2O4/c1-3-12-24-19-11-8-17(14-20(19)28-15-22(24)26)23-21(25)5-4-13-27-18-9-6-16(2)7-10-18/h6-11,14H,3-5,12-13,15H2,1-2H3,(H,23,25). The number of rotatable bonds is 8. The average Bonchev–Trinajstić information content (AvgIpc) is 2.69. The zero-order valence-electron chi connectivity index (χ0n) is 16.4. The Balaban J connectivity index is 1.49. The highest BCUT2D eigenvalue weighted by Crippen LogP contribution is 2.34. The topological polar surface area (TPSA) is 67.9 Å². The highest BCUT2D eigenvalue weighted by atomic mass is 16.5. The molecule has 1 aliphatic rings. The molecule has 0 fully saturated rings. The van der Waals surface area contributed by atoms with Gasteiger partial charge in [0.05, 0.1) is 12.3 Å². The summed E-state index contributed by atoms with van der Waals surface area (Å²) in [5.41, 5.74) is 2.60. The molecule has 0 aliphatic carbocycles. The van der Waals surface area contributed by atoms with Gasteiger partial charge in [-0.1, -0.05) is 24.6 Å². The summed E-state index contributed by atoms with van der Waals surface area (Å²) in [6.07, 6.45) is 1.86. The van der Waals surface area contributed by atoms with Crippen LogP contribution in [0, 0.1) is 6.92 Å². The molecule has 1 N–H and O–H groups in total. The molecule has 0 atom stereocenters. The molecule has 0 unspecified atom stereocenters. The first kappa shape index (κ1) is 19.7. The summed E-state index contributed by atoms with van der Waals surface area (Å²) < 4.78 is 11.2. The Bertz CT molecular complexity index is 833. The quantitative estimate of drug-likeness (QED) is 0.703. The summed E-state index contributed by atoms with van der Waals surface area (Å²) >= 11 is 0. The Morgan fingerprint density at radius 1 is 1.21 bits per heavy atom.